The molecule has 0 spiro atoms. The number of ketones is 1. The number of carbonyl (C=O) groups excluding carboxylic acids is 1. The lowest BCUT2D eigenvalue weighted by Crippen LogP contribution is -2.23. The van der Waals surface area contributed by atoms with E-state index < -0.39 is 0 Å². The summed E-state index contributed by atoms with van der Waals surface area (Å²) in [6, 6.07) is 12.3. The van der Waals surface area contributed by atoms with Gasteiger partial charge in [0.15, 0.2) is 0 Å². The van der Waals surface area contributed by atoms with Crippen molar-refractivity contribution in [2.75, 3.05) is 20.3 Å². The summed E-state index contributed by atoms with van der Waals surface area (Å²) in [7, 11) is 1.59. The number of rotatable bonds is 5. The van der Waals surface area contributed by atoms with Crippen molar-refractivity contribution in [1.82, 2.24) is 14.7 Å². The second-order valence-corrected chi connectivity index (χ2v) is 10.5. The van der Waals surface area contributed by atoms with Gasteiger partial charge in [-0.25, -0.2) is 4.98 Å². The monoisotopic (exact) mass is 519 g/mol. The fourth-order valence-electron chi connectivity index (χ4n) is 6.17. The van der Waals surface area contributed by atoms with E-state index in [0.29, 0.717) is 17.2 Å². The topological polar surface area (TPSA) is 79.4 Å². The maximum absolute atomic E-state index is 13.3. The second-order valence-electron chi connectivity index (χ2n) is 10.1. The number of imidazole rings is 1. The molecule has 0 radical (unpaired) electrons. The molecule has 2 aliphatic rings. The minimum atomic E-state index is -0.291. The highest BCUT2D eigenvalue weighted by Gasteiger charge is 2.41. The molecule has 37 heavy (non-hydrogen) atoms. The number of Topliss-reactive ketones (excluding diaryl/α,β-unsaturated/α-hetero) is 1. The van der Waals surface area contributed by atoms with Crippen LogP contribution in [0, 0.1) is 13.8 Å². The van der Waals surface area contributed by atoms with E-state index in [1.807, 2.05) is 32.0 Å². The molecule has 0 N–H and O–H groups in total. The number of aryl methyl sites for hydroxylation is 2. The SMILES string of the molecule is COc1ccc(C2C(=O)CC[C@H]2c2nc3cc(-c4c(C)noc4C)ccc3n2C2CCOCC2)cc1Cl. The maximum atomic E-state index is 13.3. The van der Waals surface area contributed by atoms with Crippen LogP contribution < -0.4 is 4.74 Å². The van der Waals surface area contributed by atoms with Crippen LogP contribution in [-0.4, -0.2) is 40.8 Å². The Bertz CT molecular complexity index is 1460. The van der Waals surface area contributed by atoms with Crippen molar-refractivity contribution in [2.45, 2.75) is 57.4 Å². The predicted octanol–water partition coefficient (Wildman–Crippen LogP) is 6.55. The van der Waals surface area contributed by atoms with Crippen molar-refractivity contribution in [3.05, 3.63) is 64.3 Å². The lowest BCUT2D eigenvalue weighted by Gasteiger charge is -2.28. The van der Waals surface area contributed by atoms with Crippen LogP contribution in [-0.2, 0) is 9.53 Å². The van der Waals surface area contributed by atoms with Gasteiger partial charge in [-0.1, -0.05) is 28.9 Å². The molecule has 2 atom stereocenters. The molecule has 1 unspecified atom stereocenters. The second kappa shape index (κ2) is 9.62. The van der Waals surface area contributed by atoms with Gasteiger partial charge in [-0.3, -0.25) is 4.79 Å². The highest BCUT2D eigenvalue weighted by Crippen LogP contribution is 2.47. The Morgan fingerprint density at radius 1 is 1.08 bits per heavy atom. The first-order chi connectivity index (χ1) is 18.0. The molecule has 1 saturated heterocycles. The van der Waals surface area contributed by atoms with E-state index >= 15 is 0 Å². The molecule has 7 nitrogen and oxygen atoms in total. The fraction of sp³-hybridized carbons (Fsp3) is 0.414. The molecule has 2 fully saturated rings. The van der Waals surface area contributed by atoms with E-state index in [9.17, 15) is 4.79 Å². The van der Waals surface area contributed by atoms with Gasteiger partial charge in [0.1, 0.15) is 23.1 Å². The Morgan fingerprint density at radius 3 is 2.59 bits per heavy atom. The Labute approximate surface area is 220 Å². The number of ether oxygens (including phenoxy) is 2. The lowest BCUT2D eigenvalue weighted by atomic mass is 9.87. The normalized spacial score (nSPS) is 20.7. The zero-order chi connectivity index (χ0) is 25.7. The maximum Gasteiger partial charge on any atom is 0.141 e. The number of benzene rings is 2. The third kappa shape index (κ3) is 4.14. The molecule has 4 aromatic rings. The van der Waals surface area contributed by atoms with Crippen LogP contribution in [0.25, 0.3) is 22.2 Å². The van der Waals surface area contributed by atoms with Gasteiger partial charge in [-0.05, 0) is 68.5 Å². The number of fused-ring (bicyclic) bond motifs is 1. The van der Waals surface area contributed by atoms with Gasteiger partial charge in [0.25, 0.3) is 0 Å². The Kier molecular flexibility index (Phi) is 6.29. The van der Waals surface area contributed by atoms with Crippen LogP contribution >= 0.6 is 11.6 Å². The molecule has 6 rings (SSSR count). The molecule has 1 saturated carbocycles. The van der Waals surface area contributed by atoms with Gasteiger partial charge < -0.3 is 18.6 Å². The molecule has 8 heteroatoms. The Morgan fingerprint density at radius 2 is 1.89 bits per heavy atom. The van der Waals surface area contributed by atoms with Crippen LogP contribution in [0.5, 0.6) is 5.75 Å². The number of methoxy groups -OCH3 is 1. The Balaban J connectivity index is 1.49. The summed E-state index contributed by atoms with van der Waals surface area (Å²) >= 11 is 6.47. The van der Waals surface area contributed by atoms with Crippen molar-refractivity contribution in [2.24, 2.45) is 0 Å². The molecule has 2 aromatic heterocycles. The number of halogens is 1. The van der Waals surface area contributed by atoms with E-state index in [-0.39, 0.29) is 23.7 Å². The summed E-state index contributed by atoms with van der Waals surface area (Å²) in [6.45, 7) is 5.33. The summed E-state index contributed by atoms with van der Waals surface area (Å²) in [5, 5.41) is 4.65. The van der Waals surface area contributed by atoms with E-state index in [2.05, 4.69) is 27.9 Å². The lowest BCUT2D eigenvalue weighted by molar-refractivity contribution is -0.118. The highest BCUT2D eigenvalue weighted by molar-refractivity contribution is 6.32. The zero-order valence-electron chi connectivity index (χ0n) is 21.3. The summed E-state index contributed by atoms with van der Waals surface area (Å²) in [5.41, 5.74) is 5.82. The number of carbonyl (C=O) groups is 1. The first-order valence-electron chi connectivity index (χ1n) is 12.8. The van der Waals surface area contributed by atoms with Gasteiger partial charge in [-0.15, -0.1) is 0 Å². The molecule has 3 heterocycles. The number of aromatic nitrogens is 3. The summed E-state index contributed by atoms with van der Waals surface area (Å²) < 4.78 is 18.8. The van der Waals surface area contributed by atoms with Crippen LogP contribution in [0.2, 0.25) is 5.02 Å². The standard InChI is InChI=1S/C29H30ClN3O4/c1-16-27(17(2)37-32-16)19-4-7-24-23(15-19)31-29(33(24)20-10-12-36-13-11-20)21-6-8-25(34)28(21)18-5-9-26(35-3)22(30)14-18/h4-5,7,9,14-15,20-21,28H,6,8,10-13H2,1-3H3/t21-,28?/m1/s1. The van der Waals surface area contributed by atoms with E-state index in [0.717, 1.165) is 77.5 Å². The molecule has 192 valence electrons. The molecule has 0 amide bonds. The molecule has 0 bridgehead atoms. The minimum Gasteiger partial charge on any atom is -0.495 e. The van der Waals surface area contributed by atoms with Crippen LogP contribution in [0.15, 0.2) is 40.9 Å². The average Bonchev–Trinajstić information content (AvgIpc) is 3.58. The molecule has 2 aromatic carbocycles. The largest absolute Gasteiger partial charge is 0.495 e. The molecule has 1 aliphatic carbocycles. The van der Waals surface area contributed by atoms with Gasteiger partial charge >= 0.3 is 0 Å². The third-order valence-corrected chi connectivity index (χ3v) is 8.21. The minimum absolute atomic E-state index is 0.0327. The summed E-state index contributed by atoms with van der Waals surface area (Å²) in [6.07, 6.45) is 3.13. The van der Waals surface area contributed by atoms with E-state index in [1.165, 1.54) is 0 Å². The van der Waals surface area contributed by atoms with Crippen LogP contribution in [0.3, 0.4) is 0 Å². The van der Waals surface area contributed by atoms with Crippen molar-refractivity contribution in [3.8, 4) is 16.9 Å². The van der Waals surface area contributed by atoms with E-state index in [1.54, 1.807) is 7.11 Å². The van der Waals surface area contributed by atoms with Gasteiger partial charge in [-0.2, -0.15) is 0 Å². The quantitative estimate of drug-likeness (QED) is 0.297. The predicted molar refractivity (Wildman–Crippen MR) is 142 cm³/mol. The van der Waals surface area contributed by atoms with Crippen molar-refractivity contribution in [1.29, 1.82) is 0 Å². The smallest absolute Gasteiger partial charge is 0.141 e. The van der Waals surface area contributed by atoms with Crippen molar-refractivity contribution in [3.63, 3.8) is 0 Å². The van der Waals surface area contributed by atoms with E-state index in [4.69, 9.17) is 30.6 Å². The molecular formula is C29H30ClN3O4. The average molecular weight is 520 g/mol. The van der Waals surface area contributed by atoms with Gasteiger partial charge in [0.05, 0.1) is 34.8 Å². The Hall–Kier alpha value is -3.16. The first kappa shape index (κ1) is 24.2. The van der Waals surface area contributed by atoms with Crippen LogP contribution in [0.4, 0.5) is 0 Å². The van der Waals surface area contributed by atoms with Crippen molar-refractivity contribution >= 4 is 28.4 Å². The number of hydrogen-bond donors (Lipinski definition) is 0. The first-order valence-corrected chi connectivity index (χ1v) is 13.2. The molecule has 1 aliphatic heterocycles. The summed E-state index contributed by atoms with van der Waals surface area (Å²) in [5.74, 6) is 2.27. The number of hydrogen-bond acceptors (Lipinski definition) is 6. The van der Waals surface area contributed by atoms with Gasteiger partial charge in [0, 0.05) is 37.2 Å². The van der Waals surface area contributed by atoms with Crippen LogP contribution in [0.1, 0.15) is 66.4 Å². The van der Waals surface area contributed by atoms with Crippen molar-refractivity contribution < 1.29 is 18.8 Å². The molecular weight excluding hydrogens is 490 g/mol. The number of nitrogens with zero attached hydrogens (tertiary/aromatic N) is 3. The third-order valence-electron chi connectivity index (χ3n) is 7.91. The van der Waals surface area contributed by atoms with Gasteiger partial charge in [0.2, 0.25) is 0 Å². The highest BCUT2D eigenvalue weighted by atomic mass is 35.5. The summed E-state index contributed by atoms with van der Waals surface area (Å²) in [4.78, 5) is 18.5. The zero-order valence-corrected chi connectivity index (χ0v) is 22.0. The fourth-order valence-corrected chi connectivity index (χ4v) is 6.44.